The van der Waals surface area contributed by atoms with Crippen LogP contribution in [0, 0.1) is 0 Å². The van der Waals surface area contributed by atoms with E-state index in [2.05, 4.69) is 38.2 Å². The molecule has 0 unspecified atom stereocenters. The monoisotopic (exact) mass is 397 g/mol. The van der Waals surface area contributed by atoms with Crippen molar-refractivity contribution in [2.24, 2.45) is 7.05 Å². The number of aromatic nitrogens is 3. The highest BCUT2D eigenvalue weighted by Crippen LogP contribution is 2.21. The topological polar surface area (TPSA) is 63.1 Å². The molecule has 0 aliphatic rings. The van der Waals surface area contributed by atoms with E-state index in [0.29, 0.717) is 12.4 Å². The Hall–Kier alpha value is -3.93. The number of hydrogen-bond donors (Lipinski definition) is 1. The fourth-order valence-electron chi connectivity index (χ4n) is 3.33. The van der Waals surface area contributed by atoms with Crippen LogP contribution in [0.5, 0.6) is 0 Å². The maximum Gasteiger partial charge on any atom is 0.246 e. The van der Waals surface area contributed by atoms with E-state index in [4.69, 9.17) is 0 Å². The average Bonchev–Trinajstić information content (AvgIpc) is 3.09. The largest absolute Gasteiger partial charge is 0.350 e. The van der Waals surface area contributed by atoms with Gasteiger partial charge >= 0.3 is 0 Å². The minimum Gasteiger partial charge on any atom is -0.350 e. The van der Waals surface area contributed by atoms with Crippen LogP contribution >= 0.6 is 0 Å². The van der Waals surface area contributed by atoms with Crippen LogP contribution in [0.2, 0.25) is 0 Å². The van der Waals surface area contributed by atoms with Crippen molar-refractivity contribution >= 4 is 34.5 Å². The zero-order chi connectivity index (χ0) is 20.9. The van der Waals surface area contributed by atoms with Gasteiger partial charge in [-0.3, -0.25) is 4.79 Å². The van der Waals surface area contributed by atoms with Gasteiger partial charge in [-0.25, -0.2) is 9.97 Å². The van der Waals surface area contributed by atoms with Gasteiger partial charge in [-0.2, -0.15) is 0 Å². The number of pyridine rings is 2. The Bertz CT molecular complexity index is 1180. The van der Waals surface area contributed by atoms with Crippen LogP contribution in [-0.2, 0) is 18.4 Å². The number of rotatable bonds is 6. The molecule has 0 aliphatic carbocycles. The SMILES string of the molecule is CN(Cc1cn(C)c2ccccc12)C(=O)C=Cc1ccc(Nc2ccccn2)nc1. The standard InChI is InChI=1S/C24H23N5O/c1-28-16-19(20-7-3-4-8-21(20)28)17-29(2)24(30)13-11-18-10-12-23(26-15-18)27-22-9-5-6-14-25-22/h3-16H,17H2,1-2H3,(H,25,26,27). The molecule has 3 aromatic heterocycles. The number of benzene rings is 1. The molecule has 1 N–H and O–H groups in total. The summed E-state index contributed by atoms with van der Waals surface area (Å²) < 4.78 is 2.09. The molecule has 0 saturated carbocycles. The molecule has 0 aliphatic heterocycles. The molecule has 6 nitrogen and oxygen atoms in total. The van der Waals surface area contributed by atoms with Crippen molar-refractivity contribution < 1.29 is 4.79 Å². The van der Waals surface area contributed by atoms with Gasteiger partial charge in [-0.1, -0.05) is 24.3 Å². The van der Waals surface area contributed by atoms with Gasteiger partial charge in [-0.15, -0.1) is 0 Å². The van der Waals surface area contributed by atoms with Crippen LogP contribution in [0.4, 0.5) is 11.6 Å². The second kappa shape index (κ2) is 8.61. The Labute approximate surface area is 175 Å². The summed E-state index contributed by atoms with van der Waals surface area (Å²) in [6.07, 6.45) is 8.88. The first kappa shape index (κ1) is 19.4. The third kappa shape index (κ3) is 4.38. The normalized spacial score (nSPS) is 11.1. The molecule has 30 heavy (non-hydrogen) atoms. The lowest BCUT2D eigenvalue weighted by Gasteiger charge is -2.14. The number of anilines is 2. The predicted octanol–water partition coefficient (Wildman–Crippen LogP) is 4.38. The maximum atomic E-state index is 12.6. The van der Waals surface area contributed by atoms with Crippen LogP contribution in [0.3, 0.4) is 0 Å². The third-order valence-electron chi connectivity index (χ3n) is 4.89. The van der Waals surface area contributed by atoms with Gasteiger partial charge in [0.2, 0.25) is 5.91 Å². The van der Waals surface area contributed by atoms with Gasteiger partial charge in [0, 0.05) is 56.2 Å². The molecular weight excluding hydrogens is 374 g/mol. The summed E-state index contributed by atoms with van der Waals surface area (Å²) in [4.78, 5) is 22.9. The predicted molar refractivity (Wildman–Crippen MR) is 120 cm³/mol. The lowest BCUT2D eigenvalue weighted by molar-refractivity contribution is -0.125. The Morgan fingerprint density at radius 1 is 1.07 bits per heavy atom. The number of carbonyl (C=O) groups excluding carboxylic acids is 1. The van der Waals surface area contributed by atoms with E-state index >= 15 is 0 Å². The van der Waals surface area contributed by atoms with Crippen molar-refractivity contribution in [1.82, 2.24) is 19.4 Å². The van der Waals surface area contributed by atoms with E-state index in [9.17, 15) is 4.79 Å². The molecule has 1 amide bonds. The number of carbonyl (C=O) groups is 1. The van der Waals surface area contributed by atoms with Gasteiger partial charge in [0.15, 0.2) is 0 Å². The van der Waals surface area contributed by atoms with Crippen molar-refractivity contribution in [3.05, 3.63) is 90.4 Å². The molecule has 0 spiro atoms. The first-order chi connectivity index (χ1) is 14.6. The number of amides is 1. The first-order valence-electron chi connectivity index (χ1n) is 9.70. The average molecular weight is 397 g/mol. The number of fused-ring (bicyclic) bond motifs is 1. The third-order valence-corrected chi connectivity index (χ3v) is 4.89. The molecule has 150 valence electrons. The summed E-state index contributed by atoms with van der Waals surface area (Å²) in [5, 5.41) is 4.30. The first-order valence-corrected chi connectivity index (χ1v) is 9.70. The zero-order valence-electron chi connectivity index (χ0n) is 17.0. The van der Waals surface area contributed by atoms with Crippen LogP contribution in [0.1, 0.15) is 11.1 Å². The van der Waals surface area contributed by atoms with Crippen molar-refractivity contribution in [2.75, 3.05) is 12.4 Å². The number of para-hydroxylation sites is 1. The van der Waals surface area contributed by atoms with Gasteiger partial charge in [0.05, 0.1) is 0 Å². The van der Waals surface area contributed by atoms with Gasteiger partial charge in [0.1, 0.15) is 11.6 Å². The highest BCUT2D eigenvalue weighted by atomic mass is 16.2. The smallest absolute Gasteiger partial charge is 0.246 e. The molecule has 0 fully saturated rings. The Morgan fingerprint density at radius 2 is 1.87 bits per heavy atom. The molecule has 3 heterocycles. The van der Waals surface area contributed by atoms with Crippen LogP contribution in [-0.4, -0.2) is 32.4 Å². The number of hydrogen-bond acceptors (Lipinski definition) is 4. The lowest BCUT2D eigenvalue weighted by Crippen LogP contribution is -2.24. The quantitative estimate of drug-likeness (QED) is 0.490. The molecule has 6 heteroatoms. The van der Waals surface area contributed by atoms with Gasteiger partial charge in [0.25, 0.3) is 0 Å². The Balaban J connectivity index is 1.39. The van der Waals surface area contributed by atoms with Gasteiger partial charge in [-0.05, 0) is 47.5 Å². The summed E-state index contributed by atoms with van der Waals surface area (Å²) in [5.74, 6) is 1.38. The summed E-state index contributed by atoms with van der Waals surface area (Å²) in [6, 6.07) is 17.6. The maximum absolute atomic E-state index is 12.6. The van der Waals surface area contributed by atoms with Crippen molar-refractivity contribution in [2.45, 2.75) is 6.54 Å². The molecule has 1 aromatic carbocycles. The minimum absolute atomic E-state index is 0.0568. The fourth-order valence-corrected chi connectivity index (χ4v) is 3.33. The van der Waals surface area contributed by atoms with Crippen molar-refractivity contribution in [1.29, 1.82) is 0 Å². The Kier molecular flexibility index (Phi) is 5.57. The van der Waals surface area contributed by atoms with Crippen molar-refractivity contribution in [3.63, 3.8) is 0 Å². The Morgan fingerprint density at radius 3 is 2.63 bits per heavy atom. The number of nitrogens with zero attached hydrogens (tertiary/aromatic N) is 4. The van der Waals surface area contributed by atoms with Crippen LogP contribution in [0.25, 0.3) is 17.0 Å². The molecule has 0 radical (unpaired) electrons. The van der Waals surface area contributed by atoms with Gasteiger partial charge < -0.3 is 14.8 Å². The number of nitrogens with one attached hydrogen (secondary N) is 1. The molecule has 0 bridgehead atoms. The summed E-state index contributed by atoms with van der Waals surface area (Å²) in [7, 11) is 3.83. The number of likely N-dealkylation sites (N-methyl/N-ethyl adjacent to an activating group) is 1. The molecular formula is C24H23N5O. The zero-order valence-corrected chi connectivity index (χ0v) is 17.0. The highest BCUT2D eigenvalue weighted by molar-refractivity contribution is 5.92. The fraction of sp³-hybridized carbons (Fsp3) is 0.125. The summed E-state index contributed by atoms with van der Waals surface area (Å²) in [5.41, 5.74) is 3.15. The highest BCUT2D eigenvalue weighted by Gasteiger charge is 2.11. The minimum atomic E-state index is -0.0568. The van der Waals surface area contributed by atoms with Crippen LogP contribution in [0.15, 0.2) is 79.3 Å². The van der Waals surface area contributed by atoms with E-state index in [0.717, 1.165) is 22.5 Å². The van der Waals surface area contributed by atoms with Crippen LogP contribution < -0.4 is 5.32 Å². The summed E-state index contributed by atoms with van der Waals surface area (Å²) in [6.45, 7) is 0.551. The lowest BCUT2D eigenvalue weighted by atomic mass is 10.1. The molecule has 0 atom stereocenters. The van der Waals surface area contributed by atoms with E-state index in [1.54, 1.807) is 29.4 Å². The molecule has 4 rings (SSSR count). The molecule has 4 aromatic rings. The number of aryl methyl sites for hydroxylation is 1. The van der Waals surface area contributed by atoms with E-state index in [-0.39, 0.29) is 5.91 Å². The van der Waals surface area contributed by atoms with E-state index < -0.39 is 0 Å². The van der Waals surface area contributed by atoms with E-state index in [1.165, 1.54) is 5.39 Å². The second-order valence-electron chi connectivity index (χ2n) is 7.13. The molecule has 0 saturated heterocycles. The summed E-state index contributed by atoms with van der Waals surface area (Å²) >= 11 is 0. The van der Waals surface area contributed by atoms with E-state index in [1.807, 2.05) is 56.6 Å². The second-order valence-corrected chi connectivity index (χ2v) is 7.13. The van der Waals surface area contributed by atoms with Crippen molar-refractivity contribution in [3.8, 4) is 0 Å².